The number of para-hydroxylation sites is 2. The van der Waals surface area contributed by atoms with Gasteiger partial charge in [-0.15, -0.1) is 0 Å². The van der Waals surface area contributed by atoms with Crippen molar-refractivity contribution in [2.24, 2.45) is 7.05 Å². The number of fused-ring (bicyclic) bond motifs is 2. The maximum atomic E-state index is 12.8. The molecule has 1 amide bonds. The Morgan fingerprint density at radius 3 is 2.78 bits per heavy atom. The van der Waals surface area contributed by atoms with Crippen molar-refractivity contribution in [3.05, 3.63) is 76.1 Å². The molecule has 1 N–H and O–H groups in total. The van der Waals surface area contributed by atoms with Gasteiger partial charge in [0.2, 0.25) is 5.43 Å². The number of unbranched alkanes of at least 4 members (excludes halogenated alkanes) is 1. The lowest BCUT2D eigenvalue weighted by Crippen LogP contribution is -2.39. The Morgan fingerprint density at radius 2 is 1.94 bits per heavy atom. The molecule has 0 saturated carbocycles. The number of hydrogen-bond donors (Lipinski definition) is 1. The molecule has 168 valence electrons. The minimum Gasteiger partial charge on any atom is -0.489 e. The highest BCUT2D eigenvalue weighted by atomic mass is 16.5. The van der Waals surface area contributed by atoms with Crippen LogP contribution < -0.4 is 15.5 Å². The van der Waals surface area contributed by atoms with Gasteiger partial charge in [0.05, 0.1) is 5.52 Å². The van der Waals surface area contributed by atoms with Gasteiger partial charge in [0.1, 0.15) is 17.4 Å². The fourth-order valence-electron chi connectivity index (χ4n) is 4.34. The Balaban J connectivity index is 1.43. The van der Waals surface area contributed by atoms with E-state index in [2.05, 4.69) is 23.2 Å². The topological polar surface area (TPSA) is 63.6 Å². The summed E-state index contributed by atoms with van der Waals surface area (Å²) in [5.74, 6) is 0.630. The SMILES string of the molecule is CCCCC1CN(CCNC(=O)c2cn(C)c3ccccc3c2=O)Cc2ccccc2O1. The van der Waals surface area contributed by atoms with Gasteiger partial charge in [0.15, 0.2) is 0 Å². The van der Waals surface area contributed by atoms with Crippen LogP contribution in [0.1, 0.15) is 42.1 Å². The first-order valence-electron chi connectivity index (χ1n) is 11.4. The molecule has 6 nitrogen and oxygen atoms in total. The lowest BCUT2D eigenvalue weighted by Gasteiger charge is -2.24. The summed E-state index contributed by atoms with van der Waals surface area (Å²) in [6, 6.07) is 15.5. The minimum absolute atomic E-state index is 0.141. The highest BCUT2D eigenvalue weighted by molar-refractivity contribution is 5.97. The monoisotopic (exact) mass is 433 g/mol. The number of aryl methyl sites for hydroxylation is 1. The van der Waals surface area contributed by atoms with Gasteiger partial charge in [0.25, 0.3) is 5.91 Å². The normalized spacial score (nSPS) is 16.2. The van der Waals surface area contributed by atoms with Gasteiger partial charge >= 0.3 is 0 Å². The number of hydrogen-bond acceptors (Lipinski definition) is 4. The van der Waals surface area contributed by atoms with Gasteiger partial charge in [-0.05, 0) is 31.0 Å². The van der Waals surface area contributed by atoms with Crippen LogP contribution in [0.4, 0.5) is 0 Å². The van der Waals surface area contributed by atoms with E-state index in [9.17, 15) is 9.59 Å². The van der Waals surface area contributed by atoms with Crippen LogP contribution in [0.5, 0.6) is 5.75 Å². The van der Waals surface area contributed by atoms with E-state index in [1.54, 1.807) is 12.3 Å². The van der Waals surface area contributed by atoms with Crippen molar-refractivity contribution in [2.75, 3.05) is 19.6 Å². The van der Waals surface area contributed by atoms with Crippen LogP contribution in [-0.4, -0.2) is 41.1 Å². The van der Waals surface area contributed by atoms with Crippen molar-refractivity contribution in [3.63, 3.8) is 0 Å². The van der Waals surface area contributed by atoms with Crippen molar-refractivity contribution in [2.45, 2.75) is 38.8 Å². The van der Waals surface area contributed by atoms with Crippen LogP contribution in [0, 0.1) is 0 Å². The average molecular weight is 434 g/mol. The number of carbonyl (C=O) groups excluding carboxylic acids is 1. The minimum atomic E-state index is -0.328. The predicted octanol–water partition coefficient (Wildman–Crippen LogP) is 3.72. The highest BCUT2D eigenvalue weighted by Crippen LogP contribution is 2.26. The van der Waals surface area contributed by atoms with Crippen LogP contribution in [0.25, 0.3) is 10.9 Å². The molecule has 32 heavy (non-hydrogen) atoms. The zero-order chi connectivity index (χ0) is 22.5. The summed E-state index contributed by atoms with van der Waals surface area (Å²) in [5.41, 5.74) is 1.93. The lowest BCUT2D eigenvalue weighted by molar-refractivity contribution is 0.0940. The smallest absolute Gasteiger partial charge is 0.256 e. The summed E-state index contributed by atoms with van der Waals surface area (Å²) < 4.78 is 8.11. The first kappa shape index (κ1) is 22.1. The molecule has 2 aromatic carbocycles. The van der Waals surface area contributed by atoms with E-state index in [0.29, 0.717) is 18.5 Å². The van der Waals surface area contributed by atoms with E-state index in [0.717, 1.165) is 43.6 Å². The number of nitrogens with one attached hydrogen (secondary N) is 1. The second-order valence-electron chi connectivity index (χ2n) is 8.48. The van der Waals surface area contributed by atoms with E-state index < -0.39 is 0 Å². The number of rotatable bonds is 7. The fourth-order valence-corrected chi connectivity index (χ4v) is 4.34. The molecule has 0 radical (unpaired) electrons. The Morgan fingerprint density at radius 1 is 1.16 bits per heavy atom. The quantitative estimate of drug-likeness (QED) is 0.617. The van der Waals surface area contributed by atoms with E-state index >= 15 is 0 Å². The molecule has 2 heterocycles. The maximum Gasteiger partial charge on any atom is 0.256 e. The summed E-state index contributed by atoms with van der Waals surface area (Å²) in [5, 5.41) is 3.50. The number of benzene rings is 2. The highest BCUT2D eigenvalue weighted by Gasteiger charge is 2.22. The van der Waals surface area contributed by atoms with Gasteiger partial charge in [-0.3, -0.25) is 14.5 Å². The zero-order valence-electron chi connectivity index (χ0n) is 18.8. The molecule has 0 spiro atoms. The molecule has 1 aliphatic rings. The number of aromatic nitrogens is 1. The van der Waals surface area contributed by atoms with Crippen molar-refractivity contribution < 1.29 is 9.53 Å². The second-order valence-corrected chi connectivity index (χ2v) is 8.48. The van der Waals surface area contributed by atoms with Crippen LogP contribution in [0.3, 0.4) is 0 Å². The first-order valence-corrected chi connectivity index (χ1v) is 11.4. The van der Waals surface area contributed by atoms with E-state index in [-0.39, 0.29) is 23.0 Å². The maximum absolute atomic E-state index is 12.8. The number of nitrogens with zero attached hydrogens (tertiary/aromatic N) is 2. The van der Waals surface area contributed by atoms with E-state index in [1.165, 1.54) is 5.56 Å². The molecule has 1 aliphatic heterocycles. The number of carbonyl (C=O) groups is 1. The van der Waals surface area contributed by atoms with Crippen molar-refractivity contribution in [1.29, 1.82) is 0 Å². The molecule has 1 atom stereocenters. The fraction of sp³-hybridized carbons (Fsp3) is 0.385. The van der Waals surface area contributed by atoms with Gasteiger partial charge in [-0.1, -0.05) is 43.7 Å². The molecular weight excluding hydrogens is 402 g/mol. The van der Waals surface area contributed by atoms with E-state index in [4.69, 9.17) is 4.74 Å². The standard InChI is InChI=1S/C26H31N3O3/c1-3-4-10-20-17-29(16-19-9-5-8-13-24(19)32-20)15-14-27-26(31)22-18-28(2)23-12-7-6-11-21(23)25(22)30/h5-9,11-13,18,20H,3-4,10,14-17H2,1-2H3,(H,27,31). The van der Waals surface area contributed by atoms with Gasteiger partial charge in [0, 0.05) is 50.4 Å². The Labute approximate surface area is 188 Å². The molecule has 1 aromatic heterocycles. The van der Waals surface area contributed by atoms with Crippen molar-refractivity contribution in [1.82, 2.24) is 14.8 Å². The van der Waals surface area contributed by atoms with Gasteiger partial charge in [-0.2, -0.15) is 0 Å². The third-order valence-electron chi connectivity index (χ3n) is 6.06. The third-order valence-corrected chi connectivity index (χ3v) is 6.06. The Kier molecular flexibility index (Phi) is 6.90. The zero-order valence-corrected chi connectivity index (χ0v) is 18.8. The van der Waals surface area contributed by atoms with Crippen LogP contribution in [0.2, 0.25) is 0 Å². The first-order chi connectivity index (χ1) is 15.6. The van der Waals surface area contributed by atoms with Crippen LogP contribution in [0.15, 0.2) is 59.5 Å². The number of pyridine rings is 1. The molecule has 6 heteroatoms. The molecule has 4 rings (SSSR count). The summed E-state index contributed by atoms with van der Waals surface area (Å²) in [4.78, 5) is 27.9. The molecule has 3 aromatic rings. The Hall–Kier alpha value is -3.12. The Bertz CT molecular complexity index is 1150. The predicted molar refractivity (Wildman–Crippen MR) is 127 cm³/mol. The lowest BCUT2D eigenvalue weighted by atomic mass is 10.1. The average Bonchev–Trinajstić information content (AvgIpc) is 2.98. The number of amides is 1. The molecule has 0 fully saturated rings. The summed E-state index contributed by atoms with van der Waals surface area (Å²) >= 11 is 0. The summed E-state index contributed by atoms with van der Waals surface area (Å²) in [6.07, 6.45) is 5.04. The van der Waals surface area contributed by atoms with E-state index in [1.807, 2.05) is 48.0 Å². The molecule has 0 bridgehead atoms. The summed E-state index contributed by atoms with van der Waals surface area (Å²) in [7, 11) is 1.85. The van der Waals surface area contributed by atoms with Crippen molar-refractivity contribution in [3.8, 4) is 5.75 Å². The van der Waals surface area contributed by atoms with Gasteiger partial charge in [-0.25, -0.2) is 0 Å². The molecule has 1 unspecified atom stereocenters. The van der Waals surface area contributed by atoms with Crippen molar-refractivity contribution >= 4 is 16.8 Å². The molecule has 0 aliphatic carbocycles. The van der Waals surface area contributed by atoms with Crippen LogP contribution >= 0.6 is 0 Å². The number of ether oxygens (including phenoxy) is 1. The van der Waals surface area contributed by atoms with Gasteiger partial charge < -0.3 is 14.6 Å². The third kappa shape index (κ3) is 4.86. The molecular formula is C26H31N3O3. The summed E-state index contributed by atoms with van der Waals surface area (Å²) in [6.45, 7) is 4.96. The largest absolute Gasteiger partial charge is 0.489 e. The second kappa shape index (κ2) is 10.0. The molecule has 0 saturated heterocycles. The van der Waals surface area contributed by atoms with Crippen LogP contribution in [-0.2, 0) is 13.6 Å².